The second-order valence-corrected chi connectivity index (χ2v) is 4.81. The van der Waals surface area contributed by atoms with E-state index in [9.17, 15) is 4.79 Å². The van der Waals surface area contributed by atoms with Gasteiger partial charge in [0.15, 0.2) is 0 Å². The molecule has 0 saturated heterocycles. The van der Waals surface area contributed by atoms with E-state index in [2.05, 4.69) is 21.2 Å². The molecule has 104 valence electrons. The molecule has 0 heterocycles. The van der Waals surface area contributed by atoms with Gasteiger partial charge >= 0.3 is 0 Å². The van der Waals surface area contributed by atoms with E-state index in [-0.39, 0.29) is 11.9 Å². The number of ether oxygens (including phenoxy) is 1. The molecule has 3 nitrogen and oxygen atoms in total. The van der Waals surface area contributed by atoms with Gasteiger partial charge in [-0.15, -0.1) is 0 Å². The fourth-order valence-electron chi connectivity index (χ4n) is 1.94. The lowest BCUT2D eigenvalue weighted by atomic mass is 10.1. The molecule has 0 spiro atoms. The Morgan fingerprint density at radius 3 is 2.50 bits per heavy atom. The summed E-state index contributed by atoms with van der Waals surface area (Å²) < 4.78 is 5.40. The van der Waals surface area contributed by atoms with Gasteiger partial charge in [-0.25, -0.2) is 0 Å². The number of para-hydroxylation sites is 1. The van der Waals surface area contributed by atoms with Crippen LogP contribution in [0.2, 0.25) is 0 Å². The third kappa shape index (κ3) is 3.61. The molecule has 0 aliphatic rings. The van der Waals surface area contributed by atoms with E-state index in [1.165, 1.54) is 0 Å². The zero-order chi connectivity index (χ0) is 14.4. The molecular formula is C16H16BrNO2. The summed E-state index contributed by atoms with van der Waals surface area (Å²) in [7, 11) is 0. The lowest BCUT2D eigenvalue weighted by molar-refractivity contribution is 0.0936. The van der Waals surface area contributed by atoms with Gasteiger partial charge in [0.05, 0.1) is 11.6 Å². The fourth-order valence-corrected chi connectivity index (χ4v) is 2.18. The van der Waals surface area contributed by atoms with E-state index in [1.807, 2.05) is 49.4 Å². The number of rotatable bonds is 5. The number of hydrogen-bond acceptors (Lipinski definition) is 2. The zero-order valence-electron chi connectivity index (χ0n) is 11.2. The minimum atomic E-state index is -0.141. The molecule has 0 saturated carbocycles. The van der Waals surface area contributed by atoms with Gasteiger partial charge in [0.1, 0.15) is 11.3 Å². The van der Waals surface area contributed by atoms with Crippen molar-refractivity contribution in [2.75, 3.05) is 5.52 Å². The Kier molecular flexibility index (Phi) is 5.18. The van der Waals surface area contributed by atoms with Gasteiger partial charge in [-0.1, -0.05) is 42.5 Å². The molecule has 1 atom stereocenters. The van der Waals surface area contributed by atoms with Gasteiger partial charge in [0.2, 0.25) is 0 Å². The van der Waals surface area contributed by atoms with Crippen LogP contribution in [0.5, 0.6) is 5.75 Å². The third-order valence-corrected chi connectivity index (χ3v) is 3.22. The first kappa shape index (κ1) is 14.6. The second kappa shape index (κ2) is 7.10. The number of carbonyl (C=O) groups is 1. The quantitative estimate of drug-likeness (QED) is 0.842. The van der Waals surface area contributed by atoms with Crippen molar-refractivity contribution < 1.29 is 9.53 Å². The highest BCUT2D eigenvalue weighted by Gasteiger charge is 2.15. The van der Waals surface area contributed by atoms with Gasteiger partial charge < -0.3 is 10.1 Å². The molecule has 1 N–H and O–H groups in total. The normalized spacial score (nSPS) is 11.7. The van der Waals surface area contributed by atoms with Crippen molar-refractivity contribution in [3.05, 3.63) is 65.7 Å². The summed E-state index contributed by atoms with van der Waals surface area (Å²) >= 11 is 3.20. The SMILES string of the molecule is CC(NC(=O)c1ccccc1OCBr)c1ccccc1. The molecule has 0 fully saturated rings. The molecule has 0 aromatic heterocycles. The number of alkyl halides is 1. The predicted molar refractivity (Wildman–Crippen MR) is 83.2 cm³/mol. The summed E-state index contributed by atoms with van der Waals surface area (Å²) in [5, 5.41) is 2.98. The molecule has 2 rings (SSSR count). The molecule has 20 heavy (non-hydrogen) atoms. The average Bonchev–Trinajstić information content (AvgIpc) is 2.49. The van der Waals surface area contributed by atoms with Crippen LogP contribution in [0.15, 0.2) is 54.6 Å². The van der Waals surface area contributed by atoms with Crippen LogP contribution in [0.1, 0.15) is 28.9 Å². The monoisotopic (exact) mass is 333 g/mol. The maximum absolute atomic E-state index is 12.3. The summed E-state index contributed by atoms with van der Waals surface area (Å²) in [5.74, 6) is 0.431. The number of carbonyl (C=O) groups excluding carboxylic acids is 1. The van der Waals surface area contributed by atoms with Crippen molar-refractivity contribution in [2.45, 2.75) is 13.0 Å². The fraction of sp³-hybridized carbons (Fsp3) is 0.188. The van der Waals surface area contributed by atoms with Gasteiger partial charge in [0.25, 0.3) is 5.91 Å². The second-order valence-electron chi connectivity index (χ2n) is 4.36. The van der Waals surface area contributed by atoms with Crippen LogP contribution in [-0.4, -0.2) is 11.4 Å². The topological polar surface area (TPSA) is 38.3 Å². The van der Waals surface area contributed by atoms with Gasteiger partial charge in [-0.2, -0.15) is 0 Å². The van der Waals surface area contributed by atoms with E-state index in [0.29, 0.717) is 16.8 Å². The highest BCUT2D eigenvalue weighted by molar-refractivity contribution is 9.09. The highest BCUT2D eigenvalue weighted by atomic mass is 79.9. The van der Waals surface area contributed by atoms with E-state index in [1.54, 1.807) is 12.1 Å². The van der Waals surface area contributed by atoms with Crippen molar-refractivity contribution >= 4 is 21.8 Å². The number of nitrogens with one attached hydrogen (secondary N) is 1. The highest BCUT2D eigenvalue weighted by Crippen LogP contribution is 2.20. The Balaban J connectivity index is 2.12. The Bertz CT molecular complexity index is 572. The van der Waals surface area contributed by atoms with Crippen LogP contribution in [-0.2, 0) is 0 Å². The summed E-state index contributed by atoms with van der Waals surface area (Å²) in [4.78, 5) is 12.3. The van der Waals surface area contributed by atoms with Crippen LogP contribution in [0.25, 0.3) is 0 Å². The summed E-state index contributed by atoms with van der Waals surface area (Å²) in [6, 6.07) is 17.0. The van der Waals surface area contributed by atoms with Crippen LogP contribution in [0.4, 0.5) is 0 Å². The minimum Gasteiger partial charge on any atom is -0.482 e. The zero-order valence-corrected chi connectivity index (χ0v) is 12.8. The summed E-state index contributed by atoms with van der Waals surface area (Å²) in [5.41, 5.74) is 1.96. The lowest BCUT2D eigenvalue weighted by Gasteiger charge is -2.15. The summed E-state index contributed by atoms with van der Waals surface area (Å²) in [6.45, 7) is 1.96. The smallest absolute Gasteiger partial charge is 0.255 e. The first-order valence-electron chi connectivity index (χ1n) is 6.36. The van der Waals surface area contributed by atoms with Crippen molar-refractivity contribution in [3.8, 4) is 5.75 Å². The molecule has 0 aliphatic carbocycles. The maximum Gasteiger partial charge on any atom is 0.255 e. The van der Waals surface area contributed by atoms with Crippen molar-refractivity contribution in [2.24, 2.45) is 0 Å². The largest absolute Gasteiger partial charge is 0.482 e. The van der Waals surface area contributed by atoms with Crippen LogP contribution >= 0.6 is 15.9 Å². The Morgan fingerprint density at radius 2 is 1.80 bits per heavy atom. The van der Waals surface area contributed by atoms with E-state index in [4.69, 9.17) is 4.74 Å². The van der Waals surface area contributed by atoms with Crippen LogP contribution < -0.4 is 10.1 Å². The number of benzene rings is 2. The molecule has 2 aromatic carbocycles. The van der Waals surface area contributed by atoms with Crippen LogP contribution in [0.3, 0.4) is 0 Å². The summed E-state index contributed by atoms with van der Waals surface area (Å²) in [6.07, 6.45) is 0. The minimum absolute atomic E-state index is 0.0549. The lowest BCUT2D eigenvalue weighted by Crippen LogP contribution is -2.27. The Hall–Kier alpha value is -1.81. The van der Waals surface area contributed by atoms with Crippen molar-refractivity contribution in [1.82, 2.24) is 5.32 Å². The first-order valence-corrected chi connectivity index (χ1v) is 7.48. The molecule has 1 amide bonds. The standard InChI is InChI=1S/C16H16BrNO2/c1-12(13-7-3-2-4-8-13)18-16(19)14-9-5-6-10-15(14)20-11-17/h2-10,12H,11H2,1H3,(H,18,19). The predicted octanol–water partition coefficient (Wildman–Crippen LogP) is 3.91. The van der Waals surface area contributed by atoms with Crippen molar-refractivity contribution in [1.29, 1.82) is 0 Å². The molecule has 0 radical (unpaired) electrons. The molecule has 0 aliphatic heterocycles. The maximum atomic E-state index is 12.3. The molecule has 4 heteroatoms. The number of halogens is 1. The van der Waals surface area contributed by atoms with Crippen molar-refractivity contribution in [3.63, 3.8) is 0 Å². The molecule has 0 bridgehead atoms. The number of amides is 1. The van der Waals surface area contributed by atoms with Gasteiger partial charge in [0, 0.05) is 0 Å². The van der Waals surface area contributed by atoms with Gasteiger partial charge in [-0.3, -0.25) is 4.79 Å². The van der Waals surface area contributed by atoms with Crippen LogP contribution in [0, 0.1) is 0 Å². The van der Waals surface area contributed by atoms with Gasteiger partial charge in [-0.05, 0) is 40.5 Å². The number of hydrogen-bond donors (Lipinski definition) is 1. The third-order valence-electron chi connectivity index (χ3n) is 2.99. The molecular weight excluding hydrogens is 318 g/mol. The first-order chi connectivity index (χ1) is 9.72. The molecule has 1 unspecified atom stereocenters. The van der Waals surface area contributed by atoms with E-state index in [0.717, 1.165) is 5.56 Å². The van der Waals surface area contributed by atoms with E-state index >= 15 is 0 Å². The van der Waals surface area contributed by atoms with E-state index < -0.39 is 0 Å². The Morgan fingerprint density at radius 1 is 1.15 bits per heavy atom. The molecule has 2 aromatic rings. The Labute approximate surface area is 127 Å². The average molecular weight is 334 g/mol.